The fraction of sp³-hybridized carbons (Fsp3) is 1.00. The predicted octanol–water partition coefficient (Wildman–Crippen LogP) is 1.03. The average Bonchev–Trinajstić information content (AvgIpc) is 2.14. The van der Waals surface area contributed by atoms with Crippen molar-refractivity contribution in [3.05, 3.63) is 0 Å². The van der Waals surface area contributed by atoms with Crippen LogP contribution in [0.1, 0.15) is 27.7 Å². The van der Waals surface area contributed by atoms with E-state index in [1.54, 1.807) is 0 Å². The molecule has 14 heavy (non-hydrogen) atoms. The molecule has 0 amide bonds. The highest BCUT2D eigenvalue weighted by atomic mass is 16.3. The normalized spacial score (nSPS) is 26.6. The topological polar surface area (TPSA) is 26.7 Å². The van der Waals surface area contributed by atoms with Crippen molar-refractivity contribution in [3.63, 3.8) is 0 Å². The maximum atomic E-state index is 9.20. The molecule has 0 aromatic carbocycles. The Bertz CT molecular complexity index is 139. The molecule has 1 N–H and O–H groups in total. The van der Waals surface area contributed by atoms with Crippen LogP contribution in [0, 0.1) is 0 Å². The van der Waals surface area contributed by atoms with E-state index in [2.05, 4.69) is 23.8 Å². The first-order chi connectivity index (χ1) is 6.59. The lowest BCUT2D eigenvalue weighted by molar-refractivity contribution is 0.0638. The van der Waals surface area contributed by atoms with Gasteiger partial charge in [-0.3, -0.25) is 4.90 Å². The van der Waals surface area contributed by atoms with E-state index in [-0.39, 0.29) is 6.10 Å². The highest BCUT2D eigenvalue weighted by Crippen LogP contribution is 2.06. The van der Waals surface area contributed by atoms with Gasteiger partial charge in [-0.15, -0.1) is 0 Å². The van der Waals surface area contributed by atoms with Gasteiger partial charge < -0.3 is 10.0 Å². The predicted molar refractivity (Wildman–Crippen MR) is 61.6 cm³/mol. The summed E-state index contributed by atoms with van der Waals surface area (Å²) >= 11 is 0. The Morgan fingerprint density at radius 1 is 1.36 bits per heavy atom. The third kappa shape index (κ3) is 4.94. The molecule has 0 radical (unpaired) electrons. The molecule has 1 saturated heterocycles. The van der Waals surface area contributed by atoms with E-state index in [0.717, 1.165) is 26.2 Å². The van der Waals surface area contributed by atoms with Gasteiger partial charge in [0.25, 0.3) is 0 Å². The van der Waals surface area contributed by atoms with E-state index in [1.165, 1.54) is 0 Å². The summed E-state index contributed by atoms with van der Waals surface area (Å²) in [6.07, 6.45) is -0.194. The lowest BCUT2D eigenvalue weighted by atomic mass is 10.2. The first kappa shape index (κ1) is 13.9. The molecule has 1 heterocycles. The van der Waals surface area contributed by atoms with Gasteiger partial charge in [-0.05, 0) is 20.9 Å². The zero-order chi connectivity index (χ0) is 11.1. The van der Waals surface area contributed by atoms with Crippen LogP contribution >= 0.6 is 0 Å². The highest BCUT2D eigenvalue weighted by molar-refractivity contribution is 4.77. The lowest BCUT2D eigenvalue weighted by Gasteiger charge is -2.38. The number of aliphatic hydroxyl groups excluding tert-OH is 1. The number of hydrogen-bond donors (Lipinski definition) is 1. The molecule has 0 aliphatic carbocycles. The van der Waals surface area contributed by atoms with Crippen molar-refractivity contribution in [3.8, 4) is 0 Å². The minimum atomic E-state index is -0.194. The Hall–Kier alpha value is -0.120. The monoisotopic (exact) mass is 202 g/mol. The second-order valence-corrected chi connectivity index (χ2v) is 3.94. The first-order valence-corrected chi connectivity index (χ1v) is 5.70. The Balaban J connectivity index is 0.000000791. The molecular formula is C11H26N2O. The summed E-state index contributed by atoms with van der Waals surface area (Å²) in [5, 5.41) is 9.20. The summed E-state index contributed by atoms with van der Waals surface area (Å²) in [7, 11) is 2.16. The molecule has 1 rings (SSSR count). The van der Waals surface area contributed by atoms with Gasteiger partial charge in [-0.1, -0.05) is 13.8 Å². The fourth-order valence-corrected chi connectivity index (χ4v) is 1.66. The van der Waals surface area contributed by atoms with Gasteiger partial charge in [0.2, 0.25) is 0 Å². The molecule has 3 heteroatoms. The Labute approximate surface area is 88.7 Å². The first-order valence-electron chi connectivity index (χ1n) is 5.70. The maximum absolute atomic E-state index is 9.20. The average molecular weight is 202 g/mol. The van der Waals surface area contributed by atoms with Crippen molar-refractivity contribution in [1.82, 2.24) is 9.80 Å². The lowest BCUT2D eigenvalue weighted by Crippen LogP contribution is -2.51. The summed E-state index contributed by atoms with van der Waals surface area (Å²) < 4.78 is 0. The zero-order valence-electron chi connectivity index (χ0n) is 10.3. The van der Waals surface area contributed by atoms with E-state index in [4.69, 9.17) is 0 Å². The highest BCUT2D eigenvalue weighted by Gasteiger charge is 2.20. The van der Waals surface area contributed by atoms with Crippen molar-refractivity contribution in [1.29, 1.82) is 0 Å². The van der Waals surface area contributed by atoms with Crippen molar-refractivity contribution in [2.24, 2.45) is 0 Å². The second kappa shape index (κ2) is 7.21. The van der Waals surface area contributed by atoms with Crippen LogP contribution in [0.2, 0.25) is 0 Å². The molecule has 2 atom stereocenters. The summed E-state index contributed by atoms with van der Waals surface area (Å²) in [6, 6.07) is 0.623. The SMILES string of the molecule is CC.C[C@@H]1CN(C[C@@H](C)O)CCN1C. The number of piperazine rings is 1. The Morgan fingerprint density at radius 3 is 2.36 bits per heavy atom. The number of nitrogens with zero attached hydrogens (tertiary/aromatic N) is 2. The third-order valence-corrected chi connectivity index (χ3v) is 2.57. The van der Waals surface area contributed by atoms with Gasteiger partial charge in [0.05, 0.1) is 6.10 Å². The summed E-state index contributed by atoms with van der Waals surface area (Å²) in [4.78, 5) is 4.69. The minimum Gasteiger partial charge on any atom is -0.392 e. The second-order valence-electron chi connectivity index (χ2n) is 3.94. The van der Waals surface area contributed by atoms with Crippen LogP contribution in [-0.4, -0.2) is 60.3 Å². The van der Waals surface area contributed by atoms with Crippen LogP contribution in [0.3, 0.4) is 0 Å². The van der Waals surface area contributed by atoms with Crippen LogP contribution < -0.4 is 0 Å². The van der Waals surface area contributed by atoms with Crippen LogP contribution in [0.4, 0.5) is 0 Å². The molecule has 0 aromatic heterocycles. The van der Waals surface area contributed by atoms with Gasteiger partial charge in [0.1, 0.15) is 0 Å². The van der Waals surface area contributed by atoms with Gasteiger partial charge >= 0.3 is 0 Å². The largest absolute Gasteiger partial charge is 0.392 e. The molecular weight excluding hydrogens is 176 g/mol. The molecule has 1 fully saturated rings. The van der Waals surface area contributed by atoms with Gasteiger partial charge in [0, 0.05) is 32.2 Å². The van der Waals surface area contributed by atoms with E-state index in [9.17, 15) is 5.11 Å². The quantitative estimate of drug-likeness (QED) is 0.724. The van der Waals surface area contributed by atoms with Gasteiger partial charge in [-0.25, -0.2) is 0 Å². The van der Waals surface area contributed by atoms with Crippen molar-refractivity contribution < 1.29 is 5.11 Å². The molecule has 1 aliphatic heterocycles. The molecule has 0 bridgehead atoms. The maximum Gasteiger partial charge on any atom is 0.0639 e. The summed E-state index contributed by atoms with van der Waals surface area (Å²) in [5.74, 6) is 0. The standard InChI is InChI=1S/C9H20N2O.C2H6/c1-8-6-11(7-9(2)12)5-4-10(8)3;1-2/h8-9,12H,4-7H2,1-3H3;1-2H3/t8-,9-;/m1./s1. The number of aliphatic hydroxyl groups is 1. The van der Waals surface area contributed by atoms with Crippen LogP contribution in [0.5, 0.6) is 0 Å². The molecule has 0 spiro atoms. The van der Waals surface area contributed by atoms with Gasteiger partial charge in [-0.2, -0.15) is 0 Å². The van der Waals surface area contributed by atoms with E-state index < -0.39 is 0 Å². The third-order valence-electron chi connectivity index (χ3n) is 2.57. The molecule has 0 saturated carbocycles. The number of hydrogen-bond acceptors (Lipinski definition) is 3. The molecule has 0 aromatic rings. The van der Waals surface area contributed by atoms with E-state index >= 15 is 0 Å². The van der Waals surface area contributed by atoms with Crippen molar-refractivity contribution in [2.75, 3.05) is 33.2 Å². The number of rotatable bonds is 2. The van der Waals surface area contributed by atoms with Crippen molar-refractivity contribution in [2.45, 2.75) is 39.8 Å². The molecule has 3 nitrogen and oxygen atoms in total. The smallest absolute Gasteiger partial charge is 0.0639 e. The van der Waals surface area contributed by atoms with Crippen LogP contribution in [0.15, 0.2) is 0 Å². The molecule has 0 unspecified atom stereocenters. The van der Waals surface area contributed by atoms with E-state index in [0.29, 0.717) is 6.04 Å². The Kier molecular flexibility index (Phi) is 7.15. The molecule has 1 aliphatic rings. The fourth-order valence-electron chi connectivity index (χ4n) is 1.66. The minimum absolute atomic E-state index is 0.194. The Morgan fingerprint density at radius 2 is 1.93 bits per heavy atom. The van der Waals surface area contributed by atoms with Crippen molar-refractivity contribution >= 4 is 0 Å². The van der Waals surface area contributed by atoms with Crippen LogP contribution in [0.25, 0.3) is 0 Å². The van der Waals surface area contributed by atoms with Crippen LogP contribution in [-0.2, 0) is 0 Å². The number of likely N-dealkylation sites (N-methyl/N-ethyl adjacent to an activating group) is 1. The van der Waals surface area contributed by atoms with E-state index in [1.807, 2.05) is 20.8 Å². The molecule has 86 valence electrons. The summed E-state index contributed by atoms with van der Waals surface area (Å²) in [5.41, 5.74) is 0. The number of β-amino-alcohol motifs (C(OH)–C–C–N with tert-alkyl or cyclic N) is 1. The van der Waals surface area contributed by atoms with Gasteiger partial charge in [0.15, 0.2) is 0 Å². The summed E-state index contributed by atoms with van der Waals surface area (Å²) in [6.45, 7) is 12.2. The zero-order valence-corrected chi connectivity index (χ0v) is 10.3.